The van der Waals surface area contributed by atoms with E-state index in [1.54, 1.807) is 0 Å². The van der Waals surface area contributed by atoms with Crippen LogP contribution in [0.1, 0.15) is 39.0 Å². The molecular formula is C14H24ClNO2. The lowest BCUT2D eigenvalue weighted by molar-refractivity contribution is -0.133. The van der Waals surface area contributed by atoms with Crippen LogP contribution in [0.2, 0.25) is 0 Å². The van der Waals surface area contributed by atoms with Gasteiger partial charge in [-0.1, -0.05) is 0 Å². The summed E-state index contributed by atoms with van der Waals surface area (Å²) in [6, 6.07) is 0. The first-order valence-electron chi connectivity index (χ1n) is 7.18. The highest BCUT2D eigenvalue weighted by Gasteiger charge is 2.33. The molecule has 1 saturated carbocycles. The maximum absolute atomic E-state index is 12.1. The van der Waals surface area contributed by atoms with E-state index in [-0.39, 0.29) is 0 Å². The van der Waals surface area contributed by atoms with E-state index in [4.69, 9.17) is 16.3 Å². The van der Waals surface area contributed by atoms with E-state index in [0.29, 0.717) is 29.7 Å². The second kappa shape index (κ2) is 6.76. The molecule has 2 aliphatic rings. The number of hydrogen-bond acceptors (Lipinski definition) is 2. The zero-order valence-corrected chi connectivity index (χ0v) is 12.0. The molecule has 104 valence electrons. The first kappa shape index (κ1) is 14.1. The molecule has 0 spiro atoms. The number of ether oxygens (including phenoxy) is 1. The van der Waals surface area contributed by atoms with Gasteiger partial charge < -0.3 is 9.64 Å². The summed E-state index contributed by atoms with van der Waals surface area (Å²) in [5.74, 6) is 2.24. The van der Waals surface area contributed by atoms with Crippen molar-refractivity contribution in [3.63, 3.8) is 0 Å². The van der Waals surface area contributed by atoms with Crippen molar-refractivity contribution in [2.75, 3.05) is 25.6 Å². The molecule has 1 amide bonds. The fraction of sp³-hybridized carbons (Fsp3) is 0.929. The number of hydrogen-bond donors (Lipinski definition) is 0. The summed E-state index contributed by atoms with van der Waals surface area (Å²) >= 11 is 5.75. The minimum Gasteiger partial charge on any atom is -0.378 e. The van der Waals surface area contributed by atoms with Crippen LogP contribution in [0, 0.1) is 11.8 Å². The molecule has 1 saturated heterocycles. The predicted molar refractivity (Wildman–Crippen MR) is 72.8 cm³/mol. The van der Waals surface area contributed by atoms with Gasteiger partial charge in [-0.2, -0.15) is 0 Å². The Hall–Kier alpha value is -0.280. The Kier molecular flexibility index (Phi) is 5.31. The number of carbonyl (C=O) groups excluding carboxylic acids is 1. The fourth-order valence-electron chi connectivity index (χ4n) is 3.04. The average molecular weight is 274 g/mol. The van der Waals surface area contributed by atoms with Crippen LogP contribution in [0.3, 0.4) is 0 Å². The minimum absolute atomic E-state index is 0.340. The van der Waals surface area contributed by atoms with Gasteiger partial charge in [0.15, 0.2) is 0 Å². The van der Waals surface area contributed by atoms with E-state index < -0.39 is 0 Å². The van der Waals surface area contributed by atoms with E-state index in [1.165, 1.54) is 0 Å². The molecule has 2 rings (SSSR count). The summed E-state index contributed by atoms with van der Waals surface area (Å²) in [6.07, 6.45) is 5.44. The van der Waals surface area contributed by atoms with Crippen LogP contribution in [0.15, 0.2) is 0 Å². The summed E-state index contributed by atoms with van der Waals surface area (Å²) in [6.45, 7) is 4.67. The van der Waals surface area contributed by atoms with Gasteiger partial charge in [-0.3, -0.25) is 4.79 Å². The molecule has 1 aliphatic heterocycles. The van der Waals surface area contributed by atoms with Gasteiger partial charge in [0.1, 0.15) is 0 Å². The van der Waals surface area contributed by atoms with Crippen molar-refractivity contribution < 1.29 is 9.53 Å². The largest absolute Gasteiger partial charge is 0.378 e. The van der Waals surface area contributed by atoms with Gasteiger partial charge in [0.05, 0.1) is 6.10 Å². The van der Waals surface area contributed by atoms with Crippen molar-refractivity contribution in [3.8, 4) is 0 Å². The molecule has 4 heteroatoms. The van der Waals surface area contributed by atoms with E-state index in [1.807, 2.05) is 11.8 Å². The molecule has 1 heterocycles. The number of carbonyl (C=O) groups is 1. The van der Waals surface area contributed by atoms with Gasteiger partial charge in [-0.05, 0) is 44.4 Å². The summed E-state index contributed by atoms with van der Waals surface area (Å²) in [5, 5.41) is 0. The number of likely N-dealkylation sites (tertiary alicyclic amines) is 1. The highest BCUT2D eigenvalue weighted by Crippen LogP contribution is 2.33. The quantitative estimate of drug-likeness (QED) is 0.697. The third kappa shape index (κ3) is 3.61. The first-order valence-corrected chi connectivity index (χ1v) is 7.71. The van der Waals surface area contributed by atoms with Crippen LogP contribution in [0.5, 0.6) is 0 Å². The number of halogens is 1. The molecule has 1 unspecified atom stereocenters. The standard InChI is InChI=1S/C14H24ClNO2/c1-2-18-13-7-12(8-13)9-14(17)16-6-4-11(10-16)3-5-15/h11-13H,2-10H2,1H3. The van der Waals surface area contributed by atoms with Gasteiger partial charge in [-0.25, -0.2) is 0 Å². The second-order valence-electron chi connectivity index (χ2n) is 5.59. The number of amides is 1. The van der Waals surface area contributed by atoms with Crippen LogP contribution in [-0.2, 0) is 9.53 Å². The third-order valence-electron chi connectivity index (χ3n) is 4.21. The molecule has 1 atom stereocenters. The number of alkyl halides is 1. The molecule has 2 fully saturated rings. The van der Waals surface area contributed by atoms with Crippen molar-refractivity contribution in [1.29, 1.82) is 0 Å². The maximum Gasteiger partial charge on any atom is 0.222 e. The molecule has 1 aliphatic carbocycles. The molecule has 18 heavy (non-hydrogen) atoms. The first-order chi connectivity index (χ1) is 8.72. The van der Waals surface area contributed by atoms with Crippen LogP contribution in [0.4, 0.5) is 0 Å². The lowest BCUT2D eigenvalue weighted by Gasteiger charge is -2.35. The van der Waals surface area contributed by atoms with Gasteiger partial charge in [0, 0.05) is 32.0 Å². The molecule has 3 nitrogen and oxygen atoms in total. The van der Waals surface area contributed by atoms with Crippen LogP contribution < -0.4 is 0 Å². The zero-order valence-electron chi connectivity index (χ0n) is 11.2. The van der Waals surface area contributed by atoms with E-state index in [2.05, 4.69) is 0 Å². The van der Waals surface area contributed by atoms with Crippen molar-refractivity contribution >= 4 is 17.5 Å². The lowest BCUT2D eigenvalue weighted by Crippen LogP contribution is -2.37. The summed E-state index contributed by atoms with van der Waals surface area (Å²) in [5.41, 5.74) is 0. The van der Waals surface area contributed by atoms with Crippen molar-refractivity contribution in [2.24, 2.45) is 11.8 Å². The highest BCUT2D eigenvalue weighted by molar-refractivity contribution is 6.17. The number of rotatable bonds is 6. The highest BCUT2D eigenvalue weighted by atomic mass is 35.5. The van der Waals surface area contributed by atoms with Crippen molar-refractivity contribution in [2.45, 2.75) is 45.1 Å². The molecular weight excluding hydrogens is 250 g/mol. The summed E-state index contributed by atoms with van der Waals surface area (Å²) < 4.78 is 5.52. The molecule has 0 bridgehead atoms. The van der Waals surface area contributed by atoms with Crippen molar-refractivity contribution in [3.05, 3.63) is 0 Å². The Bertz CT molecular complexity index is 279. The average Bonchev–Trinajstić information content (AvgIpc) is 2.75. The molecule has 0 aromatic carbocycles. The predicted octanol–water partition coefficient (Wildman–Crippen LogP) is 2.67. The van der Waals surface area contributed by atoms with E-state index in [0.717, 1.165) is 51.8 Å². The van der Waals surface area contributed by atoms with Gasteiger partial charge in [0.2, 0.25) is 5.91 Å². The fourth-order valence-corrected chi connectivity index (χ4v) is 3.35. The normalized spacial score (nSPS) is 31.4. The Balaban J connectivity index is 1.64. The second-order valence-corrected chi connectivity index (χ2v) is 5.97. The van der Waals surface area contributed by atoms with Crippen LogP contribution >= 0.6 is 11.6 Å². The molecule has 0 N–H and O–H groups in total. The van der Waals surface area contributed by atoms with Crippen LogP contribution in [0.25, 0.3) is 0 Å². The Morgan fingerprint density at radius 2 is 2.17 bits per heavy atom. The minimum atomic E-state index is 0.340. The van der Waals surface area contributed by atoms with Crippen LogP contribution in [-0.4, -0.2) is 42.5 Å². The van der Waals surface area contributed by atoms with Gasteiger partial charge in [0.25, 0.3) is 0 Å². The van der Waals surface area contributed by atoms with Crippen molar-refractivity contribution in [1.82, 2.24) is 4.90 Å². The third-order valence-corrected chi connectivity index (χ3v) is 4.43. The summed E-state index contributed by atoms with van der Waals surface area (Å²) in [7, 11) is 0. The molecule has 0 aromatic rings. The number of nitrogens with zero attached hydrogens (tertiary/aromatic N) is 1. The van der Waals surface area contributed by atoms with Gasteiger partial charge in [-0.15, -0.1) is 11.6 Å². The van der Waals surface area contributed by atoms with Gasteiger partial charge >= 0.3 is 0 Å². The van der Waals surface area contributed by atoms with E-state index in [9.17, 15) is 4.79 Å². The maximum atomic E-state index is 12.1. The van der Waals surface area contributed by atoms with E-state index >= 15 is 0 Å². The molecule has 0 radical (unpaired) electrons. The Morgan fingerprint density at radius 3 is 2.83 bits per heavy atom. The zero-order chi connectivity index (χ0) is 13.0. The summed E-state index contributed by atoms with van der Waals surface area (Å²) in [4.78, 5) is 14.1. The molecule has 0 aromatic heterocycles. The lowest BCUT2D eigenvalue weighted by atomic mass is 9.80. The topological polar surface area (TPSA) is 29.5 Å². The SMILES string of the molecule is CCOC1CC(CC(=O)N2CCC(CCCl)C2)C1. The monoisotopic (exact) mass is 273 g/mol. The Morgan fingerprint density at radius 1 is 1.39 bits per heavy atom. The smallest absolute Gasteiger partial charge is 0.222 e. The Labute approximate surface area is 115 Å².